The van der Waals surface area contributed by atoms with Crippen LogP contribution < -0.4 is 5.73 Å². The van der Waals surface area contributed by atoms with E-state index in [4.69, 9.17) is 22.1 Å². The molecule has 0 amide bonds. The number of nitrogens with two attached hydrogens (primary N) is 1. The van der Waals surface area contributed by atoms with E-state index in [1.54, 1.807) is 19.1 Å². The second-order valence-electron chi connectivity index (χ2n) is 4.44. The third-order valence-corrected chi connectivity index (χ3v) is 3.85. The second-order valence-corrected chi connectivity index (χ2v) is 5.77. The molecule has 2 rings (SSSR count). The van der Waals surface area contributed by atoms with Gasteiger partial charge in [0.25, 0.3) is 0 Å². The zero-order chi connectivity index (χ0) is 15.6. The molecule has 0 unspecified atom stereocenters. The third-order valence-electron chi connectivity index (χ3n) is 3.04. The van der Waals surface area contributed by atoms with Gasteiger partial charge in [-0.2, -0.15) is 0 Å². The summed E-state index contributed by atoms with van der Waals surface area (Å²) in [4.78, 5) is 12.1. The van der Waals surface area contributed by atoms with Crippen molar-refractivity contribution < 1.29 is 13.9 Å². The van der Waals surface area contributed by atoms with Crippen molar-refractivity contribution in [3.8, 4) is 0 Å². The van der Waals surface area contributed by atoms with Gasteiger partial charge in [-0.25, -0.2) is 9.18 Å². The number of hydrogen-bond donors (Lipinski definition) is 1. The fraction of sp³-hybridized carbons (Fsp3) is 0.133. The van der Waals surface area contributed by atoms with Crippen LogP contribution in [0.25, 0.3) is 0 Å². The van der Waals surface area contributed by atoms with Crippen LogP contribution >= 0.6 is 27.5 Å². The molecule has 2 N–H and O–H groups in total. The van der Waals surface area contributed by atoms with Crippen LogP contribution in [0.4, 0.5) is 10.1 Å². The minimum absolute atomic E-state index is 0.146. The smallest absolute Gasteiger partial charge is 0.338 e. The maximum Gasteiger partial charge on any atom is 0.338 e. The van der Waals surface area contributed by atoms with Crippen LogP contribution in [-0.2, 0) is 11.3 Å². The van der Waals surface area contributed by atoms with E-state index < -0.39 is 11.8 Å². The highest BCUT2D eigenvalue weighted by atomic mass is 79.9. The number of anilines is 1. The Balaban J connectivity index is 2.20. The number of carbonyl (C=O) groups excluding carboxylic acids is 1. The van der Waals surface area contributed by atoms with Crippen molar-refractivity contribution in [3.05, 3.63) is 62.3 Å². The molecule has 0 aliphatic carbocycles. The van der Waals surface area contributed by atoms with E-state index in [0.717, 1.165) is 0 Å². The van der Waals surface area contributed by atoms with E-state index in [-0.39, 0.29) is 17.2 Å². The van der Waals surface area contributed by atoms with Crippen molar-refractivity contribution >= 4 is 39.2 Å². The van der Waals surface area contributed by atoms with Crippen molar-refractivity contribution in [2.24, 2.45) is 0 Å². The van der Waals surface area contributed by atoms with Crippen molar-refractivity contribution in [2.45, 2.75) is 13.5 Å². The lowest BCUT2D eigenvalue weighted by atomic mass is 10.1. The molecule has 0 fully saturated rings. The van der Waals surface area contributed by atoms with Gasteiger partial charge in [0.2, 0.25) is 0 Å². The second kappa shape index (κ2) is 6.45. The van der Waals surface area contributed by atoms with E-state index in [9.17, 15) is 9.18 Å². The molecule has 0 aliphatic heterocycles. The lowest BCUT2D eigenvalue weighted by molar-refractivity contribution is 0.0468. The highest BCUT2D eigenvalue weighted by molar-refractivity contribution is 9.10. The fourth-order valence-corrected chi connectivity index (χ4v) is 2.49. The molecule has 0 saturated carbocycles. The quantitative estimate of drug-likeness (QED) is 0.638. The first kappa shape index (κ1) is 15.8. The number of carbonyl (C=O) groups is 1. The zero-order valence-corrected chi connectivity index (χ0v) is 13.5. The first-order valence-electron chi connectivity index (χ1n) is 6.05. The number of nitrogen functional groups attached to an aromatic ring is 1. The number of ether oxygens (including phenoxy) is 1. The van der Waals surface area contributed by atoms with Crippen LogP contribution in [0, 0.1) is 12.7 Å². The van der Waals surface area contributed by atoms with Crippen LogP contribution in [0.5, 0.6) is 0 Å². The van der Waals surface area contributed by atoms with Crippen molar-refractivity contribution in [1.82, 2.24) is 0 Å². The van der Waals surface area contributed by atoms with Gasteiger partial charge in [0, 0.05) is 15.7 Å². The largest absolute Gasteiger partial charge is 0.457 e. The average Bonchev–Trinajstić information content (AvgIpc) is 2.42. The van der Waals surface area contributed by atoms with E-state index in [1.807, 2.05) is 0 Å². The van der Waals surface area contributed by atoms with Gasteiger partial charge >= 0.3 is 5.97 Å². The molecule has 6 heteroatoms. The summed E-state index contributed by atoms with van der Waals surface area (Å²) in [6, 6.07) is 7.59. The maximum atomic E-state index is 13.6. The van der Waals surface area contributed by atoms with Gasteiger partial charge in [-0.05, 0) is 36.8 Å². The molecule has 2 aromatic carbocycles. The predicted octanol–water partition coefficient (Wildman–Crippen LogP) is 4.49. The van der Waals surface area contributed by atoms with Gasteiger partial charge in [-0.1, -0.05) is 33.6 Å². The summed E-state index contributed by atoms with van der Waals surface area (Å²) in [5.41, 5.74) is 7.36. The Bertz CT molecular complexity index is 686. The van der Waals surface area contributed by atoms with Crippen LogP contribution in [-0.4, -0.2) is 5.97 Å². The van der Waals surface area contributed by atoms with Crippen LogP contribution in [0.2, 0.25) is 5.02 Å². The molecule has 0 radical (unpaired) electrons. The minimum Gasteiger partial charge on any atom is -0.457 e. The van der Waals surface area contributed by atoms with E-state index in [2.05, 4.69) is 15.9 Å². The summed E-state index contributed by atoms with van der Waals surface area (Å²) in [6.07, 6.45) is 0. The molecule has 3 nitrogen and oxygen atoms in total. The van der Waals surface area contributed by atoms with Gasteiger partial charge in [0.1, 0.15) is 12.4 Å². The van der Waals surface area contributed by atoms with Crippen molar-refractivity contribution in [3.63, 3.8) is 0 Å². The lowest BCUT2D eigenvalue weighted by Crippen LogP contribution is -2.09. The van der Waals surface area contributed by atoms with Crippen LogP contribution in [0.3, 0.4) is 0 Å². The summed E-state index contributed by atoms with van der Waals surface area (Å²) in [5.74, 6) is -1.10. The molecule has 110 valence electrons. The first-order valence-corrected chi connectivity index (χ1v) is 7.23. The first-order chi connectivity index (χ1) is 9.90. The zero-order valence-electron chi connectivity index (χ0n) is 11.1. The van der Waals surface area contributed by atoms with Gasteiger partial charge in [-0.3, -0.25) is 0 Å². The monoisotopic (exact) mass is 371 g/mol. The summed E-state index contributed by atoms with van der Waals surface area (Å²) in [7, 11) is 0. The predicted molar refractivity (Wildman–Crippen MR) is 83.8 cm³/mol. The highest BCUT2D eigenvalue weighted by Gasteiger charge is 2.15. The number of esters is 1. The fourth-order valence-electron chi connectivity index (χ4n) is 1.80. The Morgan fingerprint density at radius 3 is 2.81 bits per heavy atom. The van der Waals surface area contributed by atoms with Gasteiger partial charge in [-0.15, -0.1) is 0 Å². The molecular weight excluding hydrogens is 361 g/mol. The summed E-state index contributed by atoms with van der Waals surface area (Å²) < 4.78 is 19.4. The lowest BCUT2D eigenvalue weighted by Gasteiger charge is -2.11. The van der Waals surface area contributed by atoms with Gasteiger partial charge < -0.3 is 10.5 Å². The molecule has 0 saturated heterocycles. The Morgan fingerprint density at radius 1 is 1.43 bits per heavy atom. The molecule has 0 bridgehead atoms. The SMILES string of the molecule is Cc1c(N)cc(Br)cc1C(=O)OCc1c(F)cccc1Cl. The Morgan fingerprint density at radius 2 is 2.14 bits per heavy atom. The van der Waals surface area contributed by atoms with Crippen molar-refractivity contribution in [1.29, 1.82) is 0 Å². The topological polar surface area (TPSA) is 52.3 Å². The Hall–Kier alpha value is -1.59. The number of hydrogen-bond acceptors (Lipinski definition) is 3. The third kappa shape index (κ3) is 3.54. The van der Waals surface area contributed by atoms with Crippen LogP contribution in [0.15, 0.2) is 34.8 Å². The van der Waals surface area contributed by atoms with Gasteiger partial charge in [0.05, 0.1) is 10.6 Å². The number of halogens is 3. The number of rotatable bonds is 3. The molecule has 0 heterocycles. The summed E-state index contributed by atoms with van der Waals surface area (Å²) >= 11 is 9.15. The molecule has 0 atom stereocenters. The van der Waals surface area contributed by atoms with Crippen LogP contribution in [0.1, 0.15) is 21.5 Å². The molecule has 2 aromatic rings. The van der Waals surface area contributed by atoms with E-state index >= 15 is 0 Å². The van der Waals surface area contributed by atoms with E-state index in [1.165, 1.54) is 18.2 Å². The highest BCUT2D eigenvalue weighted by Crippen LogP contribution is 2.25. The van der Waals surface area contributed by atoms with Crippen molar-refractivity contribution in [2.75, 3.05) is 5.73 Å². The molecule has 0 aliphatic rings. The minimum atomic E-state index is -0.584. The molecular formula is C15H12BrClFNO2. The Kier molecular flexibility index (Phi) is 4.85. The Labute approximate surface area is 135 Å². The number of benzene rings is 2. The molecule has 0 aromatic heterocycles. The van der Waals surface area contributed by atoms with E-state index in [0.29, 0.717) is 21.3 Å². The standard InChI is InChI=1S/C15H12BrClFNO2/c1-8-10(5-9(16)6-14(8)19)15(20)21-7-11-12(17)3-2-4-13(11)18/h2-6H,7,19H2,1H3. The normalized spacial score (nSPS) is 10.5. The maximum absolute atomic E-state index is 13.6. The summed E-state index contributed by atoms with van der Waals surface area (Å²) in [5, 5.41) is 0.216. The average molecular weight is 373 g/mol. The summed E-state index contributed by atoms with van der Waals surface area (Å²) in [6.45, 7) is 1.48. The molecule has 21 heavy (non-hydrogen) atoms. The molecule has 0 spiro atoms. The van der Waals surface area contributed by atoms with Gasteiger partial charge in [0.15, 0.2) is 0 Å².